The molecule has 1 amide bonds. The van der Waals surface area contributed by atoms with Crippen LogP contribution in [0.5, 0.6) is 0 Å². The van der Waals surface area contributed by atoms with Crippen LogP contribution >= 0.6 is 0 Å². The van der Waals surface area contributed by atoms with Gasteiger partial charge in [0.05, 0.1) is 17.8 Å². The molecule has 0 bridgehead atoms. The summed E-state index contributed by atoms with van der Waals surface area (Å²) in [4.78, 5) is 25.5. The molecule has 0 spiro atoms. The third-order valence-corrected chi connectivity index (χ3v) is 6.16. The van der Waals surface area contributed by atoms with E-state index in [-0.39, 0.29) is 5.91 Å². The minimum Gasteiger partial charge on any atom is -0.366 e. The Bertz CT molecular complexity index is 1400. The van der Waals surface area contributed by atoms with Crippen LogP contribution < -0.4 is 21.7 Å². The normalized spacial score (nSPS) is 17.5. The minimum atomic E-state index is -0.516. The first-order chi connectivity index (χ1) is 17.6. The largest absolute Gasteiger partial charge is 0.366 e. The molecule has 1 saturated heterocycles. The molecule has 1 atom stereocenters. The van der Waals surface area contributed by atoms with E-state index in [0.717, 1.165) is 34.3 Å². The summed E-state index contributed by atoms with van der Waals surface area (Å²) in [6.45, 7) is 6.02. The van der Waals surface area contributed by atoms with Crippen LogP contribution in [0.2, 0.25) is 0 Å². The molecule has 2 aromatic heterocycles. The molecule has 4 aromatic rings. The van der Waals surface area contributed by atoms with Crippen molar-refractivity contribution in [2.24, 2.45) is 5.73 Å². The van der Waals surface area contributed by atoms with E-state index >= 15 is 0 Å². The third-order valence-electron chi connectivity index (χ3n) is 6.16. The van der Waals surface area contributed by atoms with Crippen molar-refractivity contribution in [3.05, 3.63) is 85.2 Å². The quantitative estimate of drug-likeness (QED) is 0.296. The smallest absolute Gasteiger partial charge is 0.247 e. The van der Waals surface area contributed by atoms with E-state index in [1.807, 2.05) is 42.5 Å². The number of carbonyl (C=O) groups excluding carboxylic acids is 1. The zero-order valence-corrected chi connectivity index (χ0v) is 19.7. The number of hydrogen-bond acceptors (Lipinski definition) is 8. The molecule has 2 aromatic carbocycles. The number of morpholine rings is 1. The van der Waals surface area contributed by atoms with Gasteiger partial charge in [-0.05, 0) is 35.9 Å². The van der Waals surface area contributed by atoms with E-state index in [1.54, 1.807) is 24.5 Å². The number of ether oxygens (including phenoxy) is 1. The lowest BCUT2D eigenvalue weighted by Crippen LogP contribution is -2.51. The van der Waals surface area contributed by atoms with Crippen molar-refractivity contribution in [2.45, 2.75) is 5.60 Å². The van der Waals surface area contributed by atoms with Gasteiger partial charge in [0.15, 0.2) is 0 Å². The van der Waals surface area contributed by atoms with Gasteiger partial charge in [0.25, 0.3) is 0 Å². The number of para-hydroxylation sites is 1. The van der Waals surface area contributed by atoms with E-state index in [4.69, 9.17) is 15.5 Å². The molecule has 36 heavy (non-hydrogen) atoms. The topological polar surface area (TPSA) is 127 Å². The maximum absolute atomic E-state index is 11.7. The zero-order valence-electron chi connectivity index (χ0n) is 19.7. The second-order valence-corrected chi connectivity index (χ2v) is 8.49. The van der Waals surface area contributed by atoms with Crippen LogP contribution in [-0.2, 0) is 15.1 Å². The average molecular weight is 482 g/mol. The molecule has 1 fully saturated rings. The second-order valence-electron chi connectivity index (χ2n) is 8.49. The van der Waals surface area contributed by atoms with Gasteiger partial charge in [0.1, 0.15) is 5.60 Å². The van der Waals surface area contributed by atoms with Crippen molar-refractivity contribution < 1.29 is 9.53 Å². The molecule has 5 rings (SSSR count). The van der Waals surface area contributed by atoms with Crippen LogP contribution in [0.3, 0.4) is 0 Å². The summed E-state index contributed by atoms with van der Waals surface area (Å²) >= 11 is 0. The highest BCUT2D eigenvalue weighted by atomic mass is 16.5. The summed E-state index contributed by atoms with van der Waals surface area (Å²) < 4.78 is 6.03. The lowest BCUT2D eigenvalue weighted by Gasteiger charge is -2.37. The molecule has 9 nitrogen and oxygen atoms in total. The molecular weight excluding hydrogens is 454 g/mol. The lowest BCUT2D eigenvalue weighted by molar-refractivity contribution is -0.111. The first-order valence-corrected chi connectivity index (χ1v) is 11.7. The number of nitrogens with two attached hydrogens (primary N) is 1. The summed E-state index contributed by atoms with van der Waals surface area (Å²) in [6, 6.07) is 17.3. The van der Waals surface area contributed by atoms with Gasteiger partial charge in [-0.2, -0.15) is 0 Å². The molecule has 1 aliphatic rings. The molecule has 0 unspecified atom stereocenters. The van der Waals surface area contributed by atoms with Crippen molar-refractivity contribution in [3.8, 4) is 11.3 Å². The molecule has 1 aliphatic heterocycles. The maximum Gasteiger partial charge on any atom is 0.247 e. The Labute approximate surface area is 208 Å². The molecule has 182 valence electrons. The first-order valence-electron chi connectivity index (χ1n) is 11.7. The monoisotopic (exact) mass is 481 g/mol. The Morgan fingerprint density at radius 2 is 2.03 bits per heavy atom. The van der Waals surface area contributed by atoms with Crippen molar-refractivity contribution in [2.75, 3.05) is 36.9 Å². The van der Waals surface area contributed by atoms with Crippen molar-refractivity contribution >= 4 is 34.1 Å². The number of rotatable bonds is 7. The second kappa shape index (κ2) is 10.2. The highest BCUT2D eigenvalue weighted by Gasteiger charge is 2.33. The number of benzene rings is 2. The summed E-state index contributed by atoms with van der Waals surface area (Å²) in [5.41, 5.74) is 10.3. The molecule has 0 saturated carbocycles. The zero-order chi connectivity index (χ0) is 25.0. The van der Waals surface area contributed by atoms with E-state index < -0.39 is 5.60 Å². The first kappa shape index (κ1) is 23.6. The number of hydrogen-bond donors (Lipinski definition) is 4. The van der Waals surface area contributed by atoms with Gasteiger partial charge in [-0.15, -0.1) is 0 Å². The molecule has 0 aliphatic carbocycles. The average Bonchev–Trinajstić information content (AvgIpc) is 2.93. The van der Waals surface area contributed by atoms with Crippen LogP contribution in [0, 0.1) is 0 Å². The Kier molecular flexibility index (Phi) is 6.68. The number of pyridine rings is 1. The van der Waals surface area contributed by atoms with Crippen LogP contribution in [-0.4, -0.2) is 47.1 Å². The van der Waals surface area contributed by atoms with Gasteiger partial charge in [-0.25, -0.2) is 9.97 Å². The summed E-state index contributed by atoms with van der Waals surface area (Å²) in [5, 5.41) is 10.3. The highest BCUT2D eigenvalue weighted by molar-refractivity contribution is 5.99. The van der Waals surface area contributed by atoms with Crippen LogP contribution in [0.25, 0.3) is 22.2 Å². The fourth-order valence-corrected chi connectivity index (χ4v) is 4.25. The van der Waals surface area contributed by atoms with Gasteiger partial charge >= 0.3 is 0 Å². The van der Waals surface area contributed by atoms with E-state index in [1.165, 1.54) is 6.08 Å². The number of nitrogens with one attached hydrogen (secondary N) is 3. The number of amides is 1. The number of nitrogens with zero attached hydrogens (tertiary/aromatic N) is 3. The van der Waals surface area contributed by atoms with Crippen molar-refractivity contribution in [3.63, 3.8) is 0 Å². The maximum atomic E-state index is 11.7. The van der Waals surface area contributed by atoms with Gasteiger partial charge < -0.3 is 26.4 Å². The summed E-state index contributed by atoms with van der Waals surface area (Å²) in [5.74, 6) is 0.177. The predicted octanol–water partition coefficient (Wildman–Crippen LogP) is 3.33. The van der Waals surface area contributed by atoms with Crippen molar-refractivity contribution in [1.82, 2.24) is 20.3 Å². The Hall–Kier alpha value is -4.18. The number of anilines is 3. The van der Waals surface area contributed by atoms with Crippen LogP contribution in [0.1, 0.15) is 5.56 Å². The van der Waals surface area contributed by atoms with Gasteiger partial charge in [0.2, 0.25) is 11.9 Å². The predicted molar refractivity (Wildman–Crippen MR) is 141 cm³/mol. The summed E-state index contributed by atoms with van der Waals surface area (Å²) in [7, 11) is 0. The van der Waals surface area contributed by atoms with Crippen LogP contribution in [0.15, 0.2) is 79.6 Å². The number of aromatic nitrogens is 3. The van der Waals surface area contributed by atoms with Gasteiger partial charge in [-0.3, -0.25) is 9.78 Å². The molecular formula is C27H27N7O2. The van der Waals surface area contributed by atoms with Crippen LogP contribution in [0.4, 0.5) is 17.3 Å². The fraction of sp³-hybridized carbons (Fsp3) is 0.185. The highest BCUT2D eigenvalue weighted by Crippen LogP contribution is 2.30. The van der Waals surface area contributed by atoms with Gasteiger partial charge in [-0.1, -0.05) is 36.9 Å². The van der Waals surface area contributed by atoms with E-state index in [2.05, 4.69) is 32.5 Å². The standard InChI is InChI=1S/C27H27N7O2/c1-2-24(35)32-21-10-11-30-23(14-21)22-5-3-4-18-15-31-26(34-25(18)22)33-20-8-6-19(7-9-20)27(16-28)17-29-12-13-36-27/h2-11,14-15,29H,1,12-13,16-17,28H2,(H,30,32,35)(H,31,33,34)/t27-/m0/s1. The third kappa shape index (κ3) is 4.80. The SMILES string of the molecule is C=CC(=O)Nc1ccnc(-c2cccc3cnc(Nc4ccc([C@]5(CN)CNCCO5)cc4)nc23)c1. The summed E-state index contributed by atoms with van der Waals surface area (Å²) in [6.07, 6.45) is 4.65. The lowest BCUT2D eigenvalue weighted by atomic mass is 9.92. The molecule has 0 radical (unpaired) electrons. The number of fused-ring (bicyclic) bond motifs is 1. The fourth-order valence-electron chi connectivity index (χ4n) is 4.25. The number of carbonyl (C=O) groups is 1. The molecule has 3 heterocycles. The molecule has 5 N–H and O–H groups in total. The van der Waals surface area contributed by atoms with Gasteiger partial charge in [0, 0.05) is 54.4 Å². The van der Waals surface area contributed by atoms with E-state index in [9.17, 15) is 4.79 Å². The van der Waals surface area contributed by atoms with E-state index in [0.29, 0.717) is 37.0 Å². The Balaban J connectivity index is 1.42. The Morgan fingerprint density at radius 3 is 2.78 bits per heavy atom. The Morgan fingerprint density at radius 1 is 1.17 bits per heavy atom. The molecule has 9 heteroatoms. The minimum absolute atomic E-state index is 0.284. The van der Waals surface area contributed by atoms with Crippen molar-refractivity contribution in [1.29, 1.82) is 0 Å².